The van der Waals surface area contributed by atoms with Crippen LogP contribution in [0.4, 0.5) is 0 Å². The van der Waals surface area contributed by atoms with Crippen molar-refractivity contribution in [2.45, 2.75) is 32.1 Å². The van der Waals surface area contributed by atoms with E-state index in [9.17, 15) is 0 Å². The second kappa shape index (κ2) is 5.72. The fourth-order valence-electron chi connectivity index (χ4n) is 2.49. The molecular weight excluding hydrogens is 172 g/mol. The van der Waals surface area contributed by atoms with Crippen LogP contribution in [-0.4, -0.2) is 49.1 Å². The molecule has 0 N–H and O–H groups in total. The summed E-state index contributed by atoms with van der Waals surface area (Å²) in [5, 5.41) is 0. The van der Waals surface area contributed by atoms with Crippen molar-refractivity contribution in [2.24, 2.45) is 0 Å². The predicted molar refractivity (Wildman–Crippen MR) is 60.3 cm³/mol. The van der Waals surface area contributed by atoms with Crippen LogP contribution in [0.15, 0.2) is 0 Å². The van der Waals surface area contributed by atoms with Gasteiger partial charge >= 0.3 is 0 Å². The maximum Gasteiger partial charge on any atom is 0.0109 e. The second-order valence-corrected chi connectivity index (χ2v) is 4.61. The normalized spacial score (nSPS) is 26.6. The highest BCUT2D eigenvalue weighted by Crippen LogP contribution is 2.10. The first kappa shape index (κ1) is 10.4. The van der Waals surface area contributed by atoms with Crippen LogP contribution in [0.2, 0.25) is 0 Å². The van der Waals surface area contributed by atoms with Gasteiger partial charge in [-0.3, -0.25) is 0 Å². The minimum absolute atomic E-state index is 1.30. The highest BCUT2D eigenvalue weighted by atomic mass is 15.2. The third-order valence-electron chi connectivity index (χ3n) is 3.48. The molecule has 2 nitrogen and oxygen atoms in total. The van der Waals surface area contributed by atoms with Crippen LogP contribution in [0.5, 0.6) is 0 Å². The van der Waals surface area contributed by atoms with Crippen molar-refractivity contribution in [3.63, 3.8) is 0 Å². The third-order valence-corrected chi connectivity index (χ3v) is 3.48. The van der Waals surface area contributed by atoms with E-state index in [-0.39, 0.29) is 0 Å². The number of piperidine rings is 2. The van der Waals surface area contributed by atoms with Gasteiger partial charge in [0.2, 0.25) is 0 Å². The van der Waals surface area contributed by atoms with Crippen molar-refractivity contribution in [1.29, 1.82) is 0 Å². The Kier molecular flexibility index (Phi) is 4.26. The molecule has 0 aromatic carbocycles. The van der Waals surface area contributed by atoms with E-state index < -0.39 is 0 Å². The van der Waals surface area contributed by atoms with Crippen molar-refractivity contribution < 1.29 is 0 Å². The molecule has 0 aliphatic carbocycles. The largest absolute Gasteiger partial charge is 0.302 e. The summed E-state index contributed by atoms with van der Waals surface area (Å²) in [5.74, 6) is 0. The first-order valence-electron chi connectivity index (χ1n) is 6.21. The Labute approximate surface area is 88.3 Å². The molecule has 2 saturated heterocycles. The lowest BCUT2D eigenvalue weighted by molar-refractivity contribution is 0.175. The molecule has 0 aromatic heterocycles. The lowest BCUT2D eigenvalue weighted by Gasteiger charge is -2.31. The van der Waals surface area contributed by atoms with Crippen LogP contribution in [0.1, 0.15) is 32.1 Å². The molecular formula is C12H23N2. The molecule has 0 aromatic rings. The molecule has 14 heavy (non-hydrogen) atoms. The summed E-state index contributed by atoms with van der Waals surface area (Å²) >= 11 is 0. The molecule has 1 radical (unpaired) electrons. The topological polar surface area (TPSA) is 6.48 Å². The molecule has 0 amide bonds. The molecule has 2 heteroatoms. The van der Waals surface area contributed by atoms with Gasteiger partial charge in [0, 0.05) is 13.1 Å². The zero-order valence-electron chi connectivity index (χ0n) is 9.25. The van der Waals surface area contributed by atoms with Gasteiger partial charge in [-0.2, -0.15) is 0 Å². The molecule has 0 saturated carbocycles. The molecule has 0 bridgehead atoms. The summed E-state index contributed by atoms with van der Waals surface area (Å²) in [6.45, 7) is 7.90. The molecule has 2 heterocycles. The summed E-state index contributed by atoms with van der Waals surface area (Å²) in [4.78, 5) is 5.26. The molecule has 2 aliphatic heterocycles. The molecule has 0 unspecified atom stereocenters. The lowest BCUT2D eigenvalue weighted by Crippen LogP contribution is -2.39. The maximum absolute atomic E-state index is 2.64. The van der Waals surface area contributed by atoms with Gasteiger partial charge in [0.05, 0.1) is 0 Å². The highest BCUT2D eigenvalue weighted by Gasteiger charge is 2.13. The van der Waals surface area contributed by atoms with Crippen LogP contribution in [0.25, 0.3) is 0 Å². The zero-order chi connectivity index (χ0) is 9.64. The zero-order valence-corrected chi connectivity index (χ0v) is 9.25. The number of nitrogens with zero attached hydrogens (tertiary/aromatic N) is 2. The Morgan fingerprint density at radius 2 is 1.29 bits per heavy atom. The predicted octanol–water partition coefficient (Wildman–Crippen LogP) is 1.77. The van der Waals surface area contributed by atoms with E-state index in [1.165, 1.54) is 71.4 Å². The minimum atomic E-state index is 1.30. The van der Waals surface area contributed by atoms with Crippen molar-refractivity contribution in [3.05, 3.63) is 6.42 Å². The fraction of sp³-hybridized carbons (Fsp3) is 0.917. The molecule has 0 spiro atoms. The van der Waals surface area contributed by atoms with E-state index in [0.29, 0.717) is 0 Å². The molecule has 0 atom stereocenters. The number of hydrogen-bond acceptors (Lipinski definition) is 2. The van der Waals surface area contributed by atoms with Crippen LogP contribution in [-0.2, 0) is 0 Å². The standard InChI is InChI=1S/C12H23N2/c1-3-7-13(8-4-1)11-12-14-9-5-2-6-10-14/h1H,2-12H2. The van der Waals surface area contributed by atoms with Gasteiger partial charge < -0.3 is 9.80 Å². The Morgan fingerprint density at radius 3 is 1.93 bits per heavy atom. The summed E-state index contributed by atoms with van der Waals surface area (Å²) in [5.41, 5.74) is 0. The van der Waals surface area contributed by atoms with E-state index in [4.69, 9.17) is 0 Å². The van der Waals surface area contributed by atoms with Crippen LogP contribution in [0, 0.1) is 6.42 Å². The Balaban J connectivity index is 1.60. The first-order valence-corrected chi connectivity index (χ1v) is 6.21. The average molecular weight is 195 g/mol. The van der Waals surface area contributed by atoms with E-state index in [1.54, 1.807) is 0 Å². The highest BCUT2D eigenvalue weighted by molar-refractivity contribution is 4.77. The van der Waals surface area contributed by atoms with Crippen LogP contribution < -0.4 is 0 Å². The second-order valence-electron chi connectivity index (χ2n) is 4.61. The number of hydrogen-bond donors (Lipinski definition) is 0. The molecule has 2 aliphatic rings. The van der Waals surface area contributed by atoms with Gasteiger partial charge in [0.25, 0.3) is 0 Å². The smallest absolute Gasteiger partial charge is 0.0109 e. The van der Waals surface area contributed by atoms with Gasteiger partial charge in [-0.15, -0.1) is 0 Å². The molecule has 81 valence electrons. The molecule has 2 fully saturated rings. The summed E-state index contributed by atoms with van der Waals surface area (Å²) in [6.07, 6.45) is 9.34. The Hall–Kier alpha value is -0.0800. The van der Waals surface area contributed by atoms with Crippen molar-refractivity contribution in [1.82, 2.24) is 9.80 Å². The Morgan fingerprint density at radius 1 is 0.714 bits per heavy atom. The van der Waals surface area contributed by atoms with Gasteiger partial charge in [0.1, 0.15) is 0 Å². The minimum Gasteiger partial charge on any atom is -0.302 e. The molecule has 2 rings (SSSR count). The van der Waals surface area contributed by atoms with E-state index in [1.807, 2.05) is 0 Å². The number of rotatable bonds is 3. The van der Waals surface area contributed by atoms with E-state index >= 15 is 0 Å². The lowest BCUT2D eigenvalue weighted by atomic mass is 10.1. The Bertz CT molecular complexity index is 128. The van der Waals surface area contributed by atoms with Gasteiger partial charge in [-0.25, -0.2) is 0 Å². The van der Waals surface area contributed by atoms with Crippen molar-refractivity contribution >= 4 is 0 Å². The van der Waals surface area contributed by atoms with E-state index in [0.717, 1.165) is 0 Å². The van der Waals surface area contributed by atoms with E-state index in [2.05, 4.69) is 16.2 Å². The van der Waals surface area contributed by atoms with Crippen LogP contribution >= 0.6 is 0 Å². The number of likely N-dealkylation sites (tertiary alicyclic amines) is 2. The first-order chi connectivity index (χ1) is 6.95. The SMILES string of the molecule is [CH]1CCN(CCN2CCCCC2)CC1. The van der Waals surface area contributed by atoms with Gasteiger partial charge in [-0.1, -0.05) is 6.42 Å². The quantitative estimate of drug-likeness (QED) is 0.677. The van der Waals surface area contributed by atoms with Gasteiger partial charge in [-0.05, 0) is 58.3 Å². The van der Waals surface area contributed by atoms with Gasteiger partial charge in [0.15, 0.2) is 0 Å². The monoisotopic (exact) mass is 195 g/mol. The summed E-state index contributed by atoms with van der Waals surface area (Å²) < 4.78 is 0. The third kappa shape index (κ3) is 3.25. The summed E-state index contributed by atoms with van der Waals surface area (Å²) in [7, 11) is 0. The maximum atomic E-state index is 2.64. The van der Waals surface area contributed by atoms with Crippen molar-refractivity contribution in [2.75, 3.05) is 39.3 Å². The van der Waals surface area contributed by atoms with Crippen molar-refractivity contribution in [3.8, 4) is 0 Å². The summed E-state index contributed by atoms with van der Waals surface area (Å²) in [6, 6.07) is 0. The fourth-order valence-corrected chi connectivity index (χ4v) is 2.49. The van der Waals surface area contributed by atoms with Crippen LogP contribution in [0.3, 0.4) is 0 Å². The average Bonchev–Trinajstić information content (AvgIpc) is 2.29.